The number of halogens is 2. The Morgan fingerprint density at radius 2 is 1.96 bits per heavy atom. The number of carboxylic acids is 1. The average molecular weight is 431 g/mol. The van der Waals surface area contributed by atoms with E-state index in [0.717, 1.165) is 0 Å². The largest absolute Gasteiger partial charge is 0.548 e. The number of nitrogens with one attached hydrogen (secondary N) is 2. The molecule has 1 aromatic rings. The molecule has 3 N–H and O–H groups in total. The molecule has 1 aliphatic heterocycles. The molecule has 1 aromatic carbocycles. The molecule has 0 radical (unpaired) electrons. The zero-order valence-electron chi connectivity index (χ0n) is 14.8. The van der Waals surface area contributed by atoms with E-state index >= 15 is 0 Å². The first-order valence-electron chi connectivity index (χ1n) is 8.27. The molecule has 1 atom stereocenters. The van der Waals surface area contributed by atoms with Crippen LogP contribution < -0.4 is 10.6 Å². The molecule has 1 saturated heterocycles. The molecule has 0 bridgehead atoms. The van der Waals surface area contributed by atoms with Crippen LogP contribution in [-0.4, -0.2) is 54.6 Å². The van der Waals surface area contributed by atoms with Crippen molar-refractivity contribution < 1.29 is 33.6 Å². The monoisotopic (exact) mass is 430 g/mol. The molecule has 0 aromatic heterocycles. The summed E-state index contributed by atoms with van der Waals surface area (Å²) >= 11 is 11.7. The van der Waals surface area contributed by atoms with Crippen LogP contribution in [0.1, 0.15) is 30.1 Å². The Morgan fingerprint density at radius 3 is 2.61 bits per heavy atom. The Bertz CT molecular complexity index is 807. The Morgan fingerprint density at radius 1 is 1.25 bits per heavy atom. The summed E-state index contributed by atoms with van der Waals surface area (Å²) in [4.78, 5) is 46.8. The average Bonchev–Trinajstić information content (AvgIpc) is 2.95. The smallest absolute Gasteiger partial charge is 0.506 e. The third-order valence-corrected chi connectivity index (χ3v) is 4.59. The fourth-order valence-electron chi connectivity index (χ4n) is 2.53. The van der Waals surface area contributed by atoms with Gasteiger partial charge < -0.3 is 25.0 Å². The first-order chi connectivity index (χ1) is 13.2. The SMILES string of the molecule is CCC1(CC(=O)O)OB(CNC(=O)CNC(=O)c2cc(Cl)ccc2Cl)OC1=O. The van der Waals surface area contributed by atoms with E-state index in [1.54, 1.807) is 6.92 Å². The lowest BCUT2D eigenvalue weighted by Crippen LogP contribution is -2.43. The maximum atomic E-state index is 12.1. The number of carbonyl (C=O) groups excluding carboxylic acids is 3. The second-order valence-corrected chi connectivity index (χ2v) is 6.83. The lowest BCUT2D eigenvalue weighted by atomic mass is 9.89. The number of aliphatic carboxylic acids is 1. The summed E-state index contributed by atoms with van der Waals surface area (Å²) in [6.07, 6.45) is -0.623. The standard InChI is InChI=1S/C16H17BCl2N2O7/c1-2-16(6-13(23)24)15(26)27-17(28-16)8-21-12(22)7-20-14(25)10-5-9(18)3-4-11(10)19/h3-5H,2,6-8H2,1H3,(H,20,25)(H,21,22)(H,23,24). The number of benzene rings is 1. The highest BCUT2D eigenvalue weighted by Gasteiger charge is 2.52. The maximum absolute atomic E-state index is 12.1. The summed E-state index contributed by atoms with van der Waals surface area (Å²) in [6, 6.07) is 4.36. The van der Waals surface area contributed by atoms with Crippen LogP contribution in [0, 0.1) is 0 Å². The van der Waals surface area contributed by atoms with E-state index in [4.69, 9.17) is 37.6 Å². The van der Waals surface area contributed by atoms with E-state index in [1.807, 2.05) is 0 Å². The predicted molar refractivity (Wildman–Crippen MR) is 100 cm³/mol. The van der Waals surface area contributed by atoms with Gasteiger partial charge >= 0.3 is 19.1 Å². The Balaban J connectivity index is 1.83. The van der Waals surface area contributed by atoms with Crippen molar-refractivity contribution in [3.05, 3.63) is 33.8 Å². The number of carbonyl (C=O) groups is 4. The van der Waals surface area contributed by atoms with E-state index in [9.17, 15) is 19.2 Å². The quantitative estimate of drug-likeness (QED) is 0.525. The van der Waals surface area contributed by atoms with Gasteiger partial charge in [-0.3, -0.25) is 19.2 Å². The van der Waals surface area contributed by atoms with Crippen LogP contribution in [0.2, 0.25) is 10.0 Å². The van der Waals surface area contributed by atoms with Crippen molar-refractivity contribution in [3.8, 4) is 0 Å². The van der Waals surface area contributed by atoms with Crippen molar-refractivity contribution >= 4 is 54.1 Å². The van der Waals surface area contributed by atoms with Gasteiger partial charge in [0.05, 0.1) is 30.0 Å². The third-order valence-electron chi connectivity index (χ3n) is 4.02. The molecule has 12 heteroatoms. The van der Waals surface area contributed by atoms with Gasteiger partial charge in [-0.15, -0.1) is 0 Å². The number of hydrogen-bond acceptors (Lipinski definition) is 6. The Hall–Kier alpha value is -2.30. The van der Waals surface area contributed by atoms with Crippen molar-refractivity contribution in [1.29, 1.82) is 0 Å². The molecule has 1 fully saturated rings. The number of carboxylic acid groups (broad SMARTS) is 1. The van der Waals surface area contributed by atoms with Crippen LogP contribution in [0.5, 0.6) is 0 Å². The van der Waals surface area contributed by atoms with Crippen LogP contribution in [-0.2, 0) is 23.7 Å². The van der Waals surface area contributed by atoms with Crippen molar-refractivity contribution in [3.63, 3.8) is 0 Å². The van der Waals surface area contributed by atoms with Gasteiger partial charge in [0.25, 0.3) is 5.91 Å². The van der Waals surface area contributed by atoms with Gasteiger partial charge in [0, 0.05) is 5.02 Å². The molecule has 2 rings (SSSR count). The van der Waals surface area contributed by atoms with E-state index < -0.39 is 42.9 Å². The minimum Gasteiger partial charge on any atom is -0.506 e. The van der Waals surface area contributed by atoms with Crippen LogP contribution in [0.25, 0.3) is 0 Å². The van der Waals surface area contributed by atoms with E-state index in [0.29, 0.717) is 5.02 Å². The minimum absolute atomic E-state index is 0.110. The van der Waals surface area contributed by atoms with E-state index in [2.05, 4.69) is 10.6 Å². The third kappa shape index (κ3) is 5.37. The van der Waals surface area contributed by atoms with Crippen molar-refractivity contribution in [1.82, 2.24) is 10.6 Å². The highest BCUT2D eigenvalue weighted by Crippen LogP contribution is 2.29. The van der Waals surface area contributed by atoms with Crippen LogP contribution in [0.15, 0.2) is 18.2 Å². The summed E-state index contributed by atoms with van der Waals surface area (Å²) in [5.74, 6) is -3.15. The molecule has 0 saturated carbocycles. The molecule has 0 aliphatic carbocycles. The van der Waals surface area contributed by atoms with Crippen LogP contribution in [0.4, 0.5) is 0 Å². The van der Waals surface area contributed by atoms with Gasteiger partial charge in [-0.2, -0.15) is 0 Å². The number of rotatable bonds is 8. The van der Waals surface area contributed by atoms with Gasteiger partial charge in [-0.25, -0.2) is 0 Å². The molecule has 0 spiro atoms. The van der Waals surface area contributed by atoms with Gasteiger partial charge in [0.2, 0.25) is 5.91 Å². The van der Waals surface area contributed by atoms with Gasteiger partial charge in [-0.1, -0.05) is 30.1 Å². The fraction of sp³-hybridized carbons (Fsp3) is 0.375. The highest BCUT2D eigenvalue weighted by molar-refractivity contribution is 6.50. The molecule has 150 valence electrons. The molecule has 1 heterocycles. The summed E-state index contributed by atoms with van der Waals surface area (Å²) in [7, 11) is -1.12. The zero-order valence-corrected chi connectivity index (χ0v) is 16.3. The molecule has 1 unspecified atom stereocenters. The predicted octanol–water partition coefficient (Wildman–Crippen LogP) is 1.06. The van der Waals surface area contributed by atoms with Crippen LogP contribution >= 0.6 is 23.2 Å². The molecular weight excluding hydrogens is 414 g/mol. The summed E-state index contributed by atoms with van der Waals surface area (Å²) in [5, 5.41) is 14.2. The summed E-state index contributed by atoms with van der Waals surface area (Å²) < 4.78 is 10.4. The molecule has 2 amide bonds. The first-order valence-corrected chi connectivity index (χ1v) is 9.03. The minimum atomic E-state index is -1.57. The van der Waals surface area contributed by atoms with Crippen LogP contribution in [0.3, 0.4) is 0 Å². The van der Waals surface area contributed by atoms with Crippen molar-refractivity contribution in [2.45, 2.75) is 25.4 Å². The molecular formula is C16H17BCl2N2O7. The topological polar surface area (TPSA) is 131 Å². The molecule has 9 nitrogen and oxygen atoms in total. The second kappa shape index (κ2) is 9.27. The van der Waals surface area contributed by atoms with Crippen molar-refractivity contribution in [2.24, 2.45) is 0 Å². The van der Waals surface area contributed by atoms with Gasteiger partial charge in [0.1, 0.15) is 0 Å². The molecule has 1 aliphatic rings. The van der Waals surface area contributed by atoms with E-state index in [-0.39, 0.29) is 30.0 Å². The normalized spacial score (nSPS) is 18.5. The number of amides is 2. The first kappa shape index (κ1) is 22.0. The maximum Gasteiger partial charge on any atom is 0.548 e. The van der Waals surface area contributed by atoms with Gasteiger partial charge in [0.15, 0.2) is 5.60 Å². The fourth-order valence-corrected chi connectivity index (χ4v) is 2.91. The Labute approximate surface area is 170 Å². The van der Waals surface area contributed by atoms with E-state index in [1.165, 1.54) is 18.2 Å². The zero-order chi connectivity index (χ0) is 20.9. The molecule has 28 heavy (non-hydrogen) atoms. The summed E-state index contributed by atoms with van der Waals surface area (Å²) in [6.45, 7) is 1.23. The lowest BCUT2D eigenvalue weighted by molar-refractivity contribution is -0.152. The Kier molecular flexibility index (Phi) is 7.28. The lowest BCUT2D eigenvalue weighted by Gasteiger charge is -2.21. The summed E-state index contributed by atoms with van der Waals surface area (Å²) in [5.41, 5.74) is -1.45. The number of hydrogen-bond donors (Lipinski definition) is 3. The van der Waals surface area contributed by atoms with Gasteiger partial charge in [-0.05, 0) is 24.6 Å². The second-order valence-electron chi connectivity index (χ2n) is 5.98. The van der Waals surface area contributed by atoms with Crippen molar-refractivity contribution in [2.75, 3.05) is 13.0 Å². The highest BCUT2D eigenvalue weighted by atomic mass is 35.5.